The molecule has 5 nitrogen and oxygen atoms in total. The maximum absolute atomic E-state index is 11.6. The monoisotopic (exact) mass is 268 g/mol. The predicted molar refractivity (Wildman–Crippen MR) is 65.7 cm³/mol. The smallest absolute Gasteiger partial charge is 0.307 e. The zero-order valence-corrected chi connectivity index (χ0v) is 11.0. The Morgan fingerprint density at radius 3 is 2.81 bits per heavy atom. The van der Waals surface area contributed by atoms with Crippen LogP contribution in [0, 0.1) is 0 Å². The van der Waals surface area contributed by atoms with Gasteiger partial charge in [-0.15, -0.1) is 24.2 Å². The highest BCUT2D eigenvalue weighted by molar-refractivity contribution is 7.99. The molecular formula is C9H17ClN2O3S. The SMILES string of the molecule is COC(=O)CC(C)NC(=O)C1CSCN1.Cl. The first-order valence-corrected chi connectivity index (χ1v) is 5.97. The van der Waals surface area contributed by atoms with Crippen LogP contribution in [0.1, 0.15) is 13.3 Å². The van der Waals surface area contributed by atoms with Gasteiger partial charge >= 0.3 is 5.97 Å². The molecule has 1 rings (SSSR count). The van der Waals surface area contributed by atoms with Crippen molar-refractivity contribution in [2.24, 2.45) is 0 Å². The fourth-order valence-corrected chi connectivity index (χ4v) is 2.23. The lowest BCUT2D eigenvalue weighted by Gasteiger charge is -2.15. The quantitative estimate of drug-likeness (QED) is 0.710. The molecule has 0 bridgehead atoms. The average molecular weight is 269 g/mol. The Morgan fingerprint density at radius 2 is 2.31 bits per heavy atom. The summed E-state index contributed by atoms with van der Waals surface area (Å²) >= 11 is 1.69. The van der Waals surface area contributed by atoms with Crippen molar-refractivity contribution in [3.63, 3.8) is 0 Å². The molecule has 7 heteroatoms. The second-order valence-corrected chi connectivity index (χ2v) is 4.49. The highest BCUT2D eigenvalue weighted by atomic mass is 35.5. The summed E-state index contributed by atoms with van der Waals surface area (Å²) in [5.41, 5.74) is 0. The first-order valence-electron chi connectivity index (χ1n) is 4.81. The number of methoxy groups -OCH3 is 1. The molecule has 0 aromatic carbocycles. The molecule has 1 amide bonds. The Bertz CT molecular complexity index is 247. The van der Waals surface area contributed by atoms with Crippen molar-refractivity contribution in [1.29, 1.82) is 0 Å². The van der Waals surface area contributed by atoms with Crippen LogP contribution < -0.4 is 10.6 Å². The van der Waals surface area contributed by atoms with E-state index in [-0.39, 0.29) is 42.8 Å². The maximum atomic E-state index is 11.6. The molecule has 0 saturated carbocycles. The predicted octanol–water partition coefficient (Wildman–Crippen LogP) is 0.139. The third kappa shape index (κ3) is 5.05. The van der Waals surface area contributed by atoms with E-state index in [2.05, 4.69) is 15.4 Å². The second kappa shape index (κ2) is 7.76. The second-order valence-electron chi connectivity index (χ2n) is 3.46. The van der Waals surface area contributed by atoms with E-state index in [1.807, 2.05) is 0 Å². The Hall–Kier alpha value is -0.460. The number of halogens is 1. The van der Waals surface area contributed by atoms with E-state index in [0.717, 1.165) is 11.6 Å². The zero-order chi connectivity index (χ0) is 11.3. The maximum Gasteiger partial charge on any atom is 0.307 e. The Labute approximate surface area is 105 Å². The molecule has 0 spiro atoms. The fraction of sp³-hybridized carbons (Fsp3) is 0.778. The minimum Gasteiger partial charge on any atom is -0.469 e. The first kappa shape index (κ1) is 15.5. The zero-order valence-electron chi connectivity index (χ0n) is 9.32. The van der Waals surface area contributed by atoms with Crippen LogP contribution in [0.5, 0.6) is 0 Å². The van der Waals surface area contributed by atoms with Gasteiger partial charge in [0.1, 0.15) is 0 Å². The molecule has 0 aliphatic carbocycles. The van der Waals surface area contributed by atoms with Gasteiger partial charge in [-0.1, -0.05) is 0 Å². The van der Waals surface area contributed by atoms with E-state index < -0.39 is 0 Å². The molecule has 2 unspecified atom stereocenters. The number of nitrogens with one attached hydrogen (secondary N) is 2. The highest BCUT2D eigenvalue weighted by Gasteiger charge is 2.23. The molecule has 1 saturated heterocycles. The first-order chi connectivity index (χ1) is 7.13. The lowest BCUT2D eigenvalue weighted by Crippen LogP contribution is -2.46. The number of amides is 1. The van der Waals surface area contributed by atoms with E-state index >= 15 is 0 Å². The van der Waals surface area contributed by atoms with Gasteiger partial charge in [0.05, 0.1) is 19.6 Å². The van der Waals surface area contributed by atoms with Crippen LogP contribution in [0.3, 0.4) is 0 Å². The van der Waals surface area contributed by atoms with Crippen LogP contribution >= 0.6 is 24.2 Å². The Morgan fingerprint density at radius 1 is 1.62 bits per heavy atom. The lowest BCUT2D eigenvalue weighted by molar-refractivity contribution is -0.141. The summed E-state index contributed by atoms with van der Waals surface area (Å²) in [6, 6.07) is -0.313. The van der Waals surface area contributed by atoms with Crippen molar-refractivity contribution in [1.82, 2.24) is 10.6 Å². The van der Waals surface area contributed by atoms with Gasteiger partial charge in [0.2, 0.25) is 5.91 Å². The van der Waals surface area contributed by atoms with Crippen LogP contribution in [-0.2, 0) is 14.3 Å². The van der Waals surface area contributed by atoms with Gasteiger partial charge in [-0.05, 0) is 6.92 Å². The third-order valence-corrected chi connectivity index (χ3v) is 3.06. The number of carbonyl (C=O) groups is 2. The number of hydrogen-bond acceptors (Lipinski definition) is 5. The fourth-order valence-electron chi connectivity index (χ4n) is 1.29. The van der Waals surface area contributed by atoms with Gasteiger partial charge in [-0.25, -0.2) is 0 Å². The van der Waals surface area contributed by atoms with Crippen LogP contribution in [-0.4, -0.2) is 42.7 Å². The van der Waals surface area contributed by atoms with Crippen molar-refractivity contribution in [3.05, 3.63) is 0 Å². The van der Waals surface area contributed by atoms with Crippen molar-refractivity contribution in [3.8, 4) is 0 Å². The standard InChI is InChI=1S/C9H16N2O3S.ClH/c1-6(3-8(12)14-2)11-9(13)7-4-15-5-10-7;/h6-7,10H,3-5H2,1-2H3,(H,11,13);1H. The molecule has 0 radical (unpaired) electrons. The Balaban J connectivity index is 0.00000225. The number of carbonyl (C=O) groups excluding carboxylic acids is 2. The summed E-state index contributed by atoms with van der Waals surface area (Å²) < 4.78 is 4.52. The van der Waals surface area contributed by atoms with Gasteiger partial charge in [-0.3, -0.25) is 14.9 Å². The summed E-state index contributed by atoms with van der Waals surface area (Å²) in [5, 5.41) is 5.84. The molecule has 1 fully saturated rings. The number of rotatable bonds is 4. The third-order valence-electron chi connectivity index (χ3n) is 2.12. The van der Waals surface area contributed by atoms with Gasteiger partial charge in [0.15, 0.2) is 0 Å². The van der Waals surface area contributed by atoms with Gasteiger partial charge in [0.25, 0.3) is 0 Å². The van der Waals surface area contributed by atoms with Gasteiger partial charge < -0.3 is 10.1 Å². The minimum absolute atomic E-state index is 0. The van der Waals surface area contributed by atoms with E-state index in [0.29, 0.717) is 0 Å². The molecule has 0 aromatic heterocycles. The molecule has 2 atom stereocenters. The minimum atomic E-state index is -0.309. The molecule has 0 aromatic rings. The number of esters is 1. The molecule has 16 heavy (non-hydrogen) atoms. The van der Waals surface area contributed by atoms with Gasteiger partial charge in [0, 0.05) is 17.7 Å². The molecule has 94 valence electrons. The van der Waals surface area contributed by atoms with Crippen molar-refractivity contribution in [2.45, 2.75) is 25.4 Å². The average Bonchev–Trinajstić information content (AvgIpc) is 2.70. The van der Waals surface area contributed by atoms with Crippen molar-refractivity contribution >= 4 is 36.0 Å². The number of thioether (sulfide) groups is 1. The largest absolute Gasteiger partial charge is 0.469 e. The van der Waals surface area contributed by atoms with Gasteiger partial charge in [-0.2, -0.15) is 0 Å². The number of ether oxygens (including phenoxy) is 1. The Kier molecular flexibility index (Phi) is 7.53. The topological polar surface area (TPSA) is 67.4 Å². The lowest BCUT2D eigenvalue weighted by atomic mass is 10.2. The van der Waals surface area contributed by atoms with Crippen LogP contribution in [0.4, 0.5) is 0 Å². The molecular weight excluding hydrogens is 252 g/mol. The summed E-state index contributed by atoms with van der Waals surface area (Å²) in [5.74, 6) is 1.24. The summed E-state index contributed by atoms with van der Waals surface area (Å²) in [4.78, 5) is 22.5. The molecule has 1 heterocycles. The molecule has 1 aliphatic rings. The van der Waals surface area contributed by atoms with E-state index in [1.54, 1.807) is 18.7 Å². The van der Waals surface area contributed by atoms with Crippen LogP contribution in [0.15, 0.2) is 0 Å². The normalized spacial score (nSPS) is 20.8. The van der Waals surface area contributed by atoms with Crippen LogP contribution in [0.25, 0.3) is 0 Å². The van der Waals surface area contributed by atoms with Crippen LogP contribution in [0.2, 0.25) is 0 Å². The molecule has 1 aliphatic heterocycles. The highest BCUT2D eigenvalue weighted by Crippen LogP contribution is 2.09. The van der Waals surface area contributed by atoms with E-state index in [9.17, 15) is 9.59 Å². The van der Waals surface area contributed by atoms with Crippen molar-refractivity contribution < 1.29 is 14.3 Å². The molecule has 2 N–H and O–H groups in total. The van der Waals surface area contributed by atoms with E-state index in [1.165, 1.54) is 7.11 Å². The summed E-state index contributed by atoms with van der Waals surface area (Å²) in [6.45, 7) is 1.79. The summed E-state index contributed by atoms with van der Waals surface area (Å²) in [7, 11) is 1.34. The van der Waals surface area contributed by atoms with Crippen molar-refractivity contribution in [2.75, 3.05) is 18.7 Å². The number of hydrogen-bond donors (Lipinski definition) is 2. The summed E-state index contributed by atoms with van der Waals surface area (Å²) in [6.07, 6.45) is 0.210. The van der Waals surface area contributed by atoms with E-state index in [4.69, 9.17) is 0 Å².